The fourth-order valence-electron chi connectivity index (χ4n) is 5.67. The number of anilines is 1. The summed E-state index contributed by atoms with van der Waals surface area (Å²) in [6.07, 6.45) is -0.998. The van der Waals surface area contributed by atoms with Crippen LogP contribution >= 0.6 is 18.1 Å². The van der Waals surface area contributed by atoms with E-state index in [0.29, 0.717) is 5.56 Å². The van der Waals surface area contributed by atoms with Crippen molar-refractivity contribution in [3.05, 3.63) is 118 Å². The molecule has 1 aromatic heterocycles. The zero-order valence-corrected chi connectivity index (χ0v) is 27.3. The highest BCUT2D eigenvalue weighted by Crippen LogP contribution is 2.54. The van der Waals surface area contributed by atoms with Crippen molar-refractivity contribution >= 4 is 35.9 Å². The Balaban J connectivity index is 1.19. The SMILES string of the molecule is CN(C)P(=O)(Cl)OCC1CN(C(=O)OCC2c3ccccc3-c3ccccc32)CC(n2ccc(NC(=O)c3ccccc3)nc2=O)O1. The van der Waals surface area contributed by atoms with Crippen molar-refractivity contribution < 1.29 is 28.2 Å². The average Bonchev–Trinajstić information content (AvgIpc) is 3.40. The molecule has 47 heavy (non-hydrogen) atoms. The van der Waals surface area contributed by atoms with Gasteiger partial charge in [-0.15, -0.1) is 0 Å². The Hall–Kier alpha value is -4.32. The minimum atomic E-state index is -3.64. The van der Waals surface area contributed by atoms with E-state index < -0.39 is 36.9 Å². The Kier molecular flexibility index (Phi) is 9.58. The third-order valence-electron chi connectivity index (χ3n) is 8.06. The van der Waals surface area contributed by atoms with Crippen LogP contribution in [-0.4, -0.2) is 77.6 Å². The van der Waals surface area contributed by atoms with Crippen molar-refractivity contribution in [2.45, 2.75) is 18.2 Å². The lowest BCUT2D eigenvalue weighted by molar-refractivity contribution is -0.127. The van der Waals surface area contributed by atoms with Crippen LogP contribution in [0.2, 0.25) is 0 Å². The van der Waals surface area contributed by atoms with Crippen LogP contribution < -0.4 is 11.0 Å². The van der Waals surface area contributed by atoms with E-state index in [1.54, 1.807) is 30.3 Å². The van der Waals surface area contributed by atoms with Gasteiger partial charge in [0.2, 0.25) is 0 Å². The maximum absolute atomic E-state index is 13.6. The molecule has 12 nitrogen and oxygen atoms in total. The largest absolute Gasteiger partial charge is 0.448 e. The number of benzene rings is 3. The Morgan fingerprint density at radius 2 is 1.60 bits per heavy atom. The predicted molar refractivity (Wildman–Crippen MR) is 177 cm³/mol. The number of rotatable bonds is 9. The quantitative estimate of drug-likeness (QED) is 0.226. The topological polar surface area (TPSA) is 132 Å². The molecule has 1 N–H and O–H groups in total. The van der Waals surface area contributed by atoms with Crippen LogP contribution in [0.1, 0.15) is 33.6 Å². The molecule has 2 amide bonds. The number of nitrogens with one attached hydrogen (secondary N) is 1. The summed E-state index contributed by atoms with van der Waals surface area (Å²) in [6, 6.07) is 26.1. The summed E-state index contributed by atoms with van der Waals surface area (Å²) < 4.78 is 32.6. The minimum absolute atomic E-state index is 0.0326. The van der Waals surface area contributed by atoms with Gasteiger partial charge in [-0.2, -0.15) is 4.98 Å². The maximum atomic E-state index is 13.6. The van der Waals surface area contributed by atoms with E-state index in [9.17, 15) is 18.9 Å². The minimum Gasteiger partial charge on any atom is -0.448 e. The lowest BCUT2D eigenvalue weighted by Crippen LogP contribution is -2.51. The van der Waals surface area contributed by atoms with E-state index in [-0.39, 0.29) is 38.0 Å². The number of nitrogens with zero attached hydrogens (tertiary/aromatic N) is 4. The highest BCUT2D eigenvalue weighted by atomic mass is 35.7. The van der Waals surface area contributed by atoms with Gasteiger partial charge < -0.3 is 24.2 Å². The van der Waals surface area contributed by atoms with Crippen LogP contribution in [0.4, 0.5) is 10.6 Å². The van der Waals surface area contributed by atoms with Crippen LogP contribution in [0.15, 0.2) is 95.9 Å². The van der Waals surface area contributed by atoms with Crippen LogP contribution in [0.25, 0.3) is 11.1 Å². The van der Waals surface area contributed by atoms with Gasteiger partial charge >= 0.3 is 18.7 Å². The van der Waals surface area contributed by atoms with Crippen molar-refractivity contribution in [3.8, 4) is 11.1 Å². The number of carbonyl (C=O) groups excluding carboxylic acids is 2. The molecule has 0 saturated carbocycles. The number of hydrogen-bond acceptors (Lipinski definition) is 8. The van der Waals surface area contributed by atoms with E-state index in [1.807, 2.05) is 36.4 Å². The number of fused-ring (bicyclic) bond motifs is 3. The smallest absolute Gasteiger partial charge is 0.410 e. The zero-order valence-electron chi connectivity index (χ0n) is 25.7. The summed E-state index contributed by atoms with van der Waals surface area (Å²) in [5.74, 6) is -0.512. The monoisotopic (exact) mass is 677 g/mol. The lowest BCUT2D eigenvalue weighted by Gasteiger charge is -2.38. The number of amides is 2. The summed E-state index contributed by atoms with van der Waals surface area (Å²) in [5.41, 5.74) is 4.05. The van der Waals surface area contributed by atoms with E-state index in [2.05, 4.69) is 22.4 Å². The average molecular weight is 678 g/mol. The fraction of sp³-hybridized carbons (Fsp3) is 0.273. The molecule has 14 heteroatoms. The first-order chi connectivity index (χ1) is 22.6. The van der Waals surface area contributed by atoms with Crippen molar-refractivity contribution in [3.63, 3.8) is 0 Å². The first kappa shape index (κ1) is 32.6. The van der Waals surface area contributed by atoms with Gasteiger partial charge in [-0.05, 0) is 65.8 Å². The van der Waals surface area contributed by atoms with Gasteiger partial charge in [-0.25, -0.2) is 14.3 Å². The number of morpholine rings is 1. The fourth-order valence-corrected chi connectivity index (χ4v) is 6.42. The second-order valence-electron chi connectivity index (χ2n) is 11.3. The number of ether oxygens (including phenoxy) is 2. The summed E-state index contributed by atoms with van der Waals surface area (Å²) in [6.45, 7) is -3.78. The molecule has 1 aliphatic carbocycles. The Morgan fingerprint density at radius 3 is 2.23 bits per heavy atom. The zero-order chi connectivity index (χ0) is 33.1. The molecule has 1 saturated heterocycles. The normalized spacial score (nSPS) is 18.7. The van der Waals surface area contributed by atoms with E-state index in [1.165, 1.54) is 40.5 Å². The maximum Gasteiger partial charge on any atom is 0.410 e. The molecule has 2 heterocycles. The number of aromatic nitrogens is 2. The molecule has 244 valence electrons. The number of halogens is 1. The highest BCUT2D eigenvalue weighted by Gasteiger charge is 2.36. The molecule has 4 aromatic rings. The highest BCUT2D eigenvalue weighted by molar-refractivity contribution is 7.83. The van der Waals surface area contributed by atoms with Crippen LogP contribution in [-0.2, 0) is 18.6 Å². The van der Waals surface area contributed by atoms with Gasteiger partial charge in [0.25, 0.3) is 5.91 Å². The standard InChI is InChI=1S/C33H33ClN5O7P/c1-37(2)47(34,43)45-20-23-18-38(33(42)44-21-28-26-14-8-6-12-24(26)25-13-7-9-15-27(25)28)19-30(46-23)39-17-16-29(36-32(39)41)35-31(40)22-10-4-3-5-11-22/h3-17,23,28,30H,18-21H2,1-2H3,(H,35,36,40,41). The van der Waals surface area contributed by atoms with Crippen molar-refractivity contribution in [2.75, 3.05) is 45.7 Å². The molecule has 3 aromatic carbocycles. The van der Waals surface area contributed by atoms with Crippen LogP contribution in [0.3, 0.4) is 0 Å². The van der Waals surface area contributed by atoms with Gasteiger partial charge in [-0.3, -0.25) is 13.9 Å². The number of carbonyl (C=O) groups is 2. The molecule has 6 rings (SSSR count). The molecule has 1 aliphatic heterocycles. The van der Waals surface area contributed by atoms with Crippen molar-refractivity contribution in [1.82, 2.24) is 19.1 Å². The van der Waals surface area contributed by atoms with Crippen LogP contribution in [0, 0.1) is 0 Å². The summed E-state index contributed by atoms with van der Waals surface area (Å²) in [4.78, 5) is 44.7. The Labute approximate surface area is 276 Å². The van der Waals surface area contributed by atoms with Gasteiger partial charge in [0.05, 0.1) is 19.7 Å². The first-order valence-electron chi connectivity index (χ1n) is 14.9. The lowest BCUT2D eigenvalue weighted by atomic mass is 9.98. The molecule has 2 aliphatic rings. The van der Waals surface area contributed by atoms with Gasteiger partial charge in [0.1, 0.15) is 18.5 Å². The molecular formula is C33H33ClN5O7P. The second kappa shape index (κ2) is 13.8. The Bertz CT molecular complexity index is 1840. The second-order valence-corrected chi connectivity index (χ2v) is 14.6. The summed E-state index contributed by atoms with van der Waals surface area (Å²) in [5, 5.41) is 2.61. The molecule has 0 radical (unpaired) electrons. The summed E-state index contributed by atoms with van der Waals surface area (Å²) >= 11 is 6.07. The first-order valence-corrected chi connectivity index (χ1v) is 17.4. The van der Waals surface area contributed by atoms with Gasteiger partial charge in [-0.1, -0.05) is 66.7 Å². The van der Waals surface area contributed by atoms with E-state index in [0.717, 1.165) is 22.3 Å². The van der Waals surface area contributed by atoms with Gasteiger partial charge in [0.15, 0.2) is 6.23 Å². The third-order valence-corrected chi connectivity index (χ3v) is 10.7. The molecule has 0 spiro atoms. The van der Waals surface area contributed by atoms with Crippen molar-refractivity contribution in [2.24, 2.45) is 0 Å². The molecule has 0 bridgehead atoms. The van der Waals surface area contributed by atoms with E-state index in [4.69, 9.17) is 25.2 Å². The van der Waals surface area contributed by atoms with E-state index >= 15 is 0 Å². The third kappa shape index (κ3) is 7.17. The predicted octanol–water partition coefficient (Wildman–Crippen LogP) is 5.57. The Morgan fingerprint density at radius 1 is 0.957 bits per heavy atom. The van der Waals surface area contributed by atoms with Crippen molar-refractivity contribution in [1.29, 1.82) is 0 Å². The van der Waals surface area contributed by atoms with Gasteiger partial charge in [0, 0.05) is 17.7 Å². The van der Waals surface area contributed by atoms with Crippen LogP contribution in [0.5, 0.6) is 0 Å². The molecule has 3 atom stereocenters. The molecule has 3 unspecified atom stereocenters. The summed E-state index contributed by atoms with van der Waals surface area (Å²) in [7, 11) is 3.04. The molecular weight excluding hydrogens is 645 g/mol. The number of hydrogen-bond donors (Lipinski definition) is 1. The molecule has 1 fully saturated rings.